The largest absolute Gasteiger partial charge is 0.453 e. The molecule has 0 aliphatic rings. The van der Waals surface area contributed by atoms with Crippen LogP contribution in [0.4, 0.5) is 0 Å². The average molecular weight is 250 g/mol. The molecule has 2 N–H and O–H groups in total. The summed E-state index contributed by atoms with van der Waals surface area (Å²) in [7, 11) is 0. The highest BCUT2D eigenvalue weighted by molar-refractivity contribution is 6.29. The third-order valence-electron chi connectivity index (χ3n) is 3.11. The highest BCUT2D eigenvalue weighted by atomic mass is 35.5. The lowest BCUT2D eigenvalue weighted by molar-refractivity contribution is 0.560. The quantitative estimate of drug-likeness (QED) is 0.899. The third-order valence-corrected chi connectivity index (χ3v) is 3.42. The summed E-state index contributed by atoms with van der Waals surface area (Å²) in [6, 6.07) is 7.98. The van der Waals surface area contributed by atoms with Crippen molar-refractivity contribution in [2.75, 3.05) is 0 Å². The summed E-state index contributed by atoms with van der Waals surface area (Å²) in [5.74, 6) is 0. The van der Waals surface area contributed by atoms with Gasteiger partial charge in [-0.15, -0.1) is 0 Å². The van der Waals surface area contributed by atoms with Crippen molar-refractivity contribution < 1.29 is 4.42 Å². The lowest BCUT2D eigenvalue weighted by Gasteiger charge is -2.14. The van der Waals surface area contributed by atoms with E-state index in [2.05, 4.69) is 32.0 Å². The van der Waals surface area contributed by atoms with Gasteiger partial charge in [0.1, 0.15) is 0 Å². The van der Waals surface area contributed by atoms with Gasteiger partial charge in [0.25, 0.3) is 0 Å². The van der Waals surface area contributed by atoms with Crippen LogP contribution in [0.2, 0.25) is 5.22 Å². The van der Waals surface area contributed by atoms with Crippen molar-refractivity contribution in [2.45, 2.75) is 26.3 Å². The minimum Gasteiger partial charge on any atom is -0.453 e. The van der Waals surface area contributed by atoms with Crippen LogP contribution in [0.1, 0.15) is 28.3 Å². The van der Waals surface area contributed by atoms with Gasteiger partial charge in [-0.1, -0.05) is 18.2 Å². The second-order valence-corrected chi connectivity index (χ2v) is 4.67. The van der Waals surface area contributed by atoms with Crippen molar-refractivity contribution in [3.05, 3.63) is 58.0 Å². The number of halogens is 1. The molecule has 0 aliphatic heterocycles. The maximum absolute atomic E-state index is 6.17. The van der Waals surface area contributed by atoms with Crippen LogP contribution in [0.5, 0.6) is 0 Å². The summed E-state index contributed by atoms with van der Waals surface area (Å²) in [6.07, 6.45) is 2.35. The fraction of sp³-hybridized carbons (Fsp3) is 0.286. The summed E-state index contributed by atoms with van der Waals surface area (Å²) in [5, 5.41) is 0.392. The van der Waals surface area contributed by atoms with E-state index in [1.165, 1.54) is 16.7 Å². The molecule has 2 aromatic rings. The van der Waals surface area contributed by atoms with Crippen molar-refractivity contribution >= 4 is 11.6 Å². The van der Waals surface area contributed by atoms with Crippen LogP contribution in [0, 0.1) is 13.8 Å². The van der Waals surface area contributed by atoms with Gasteiger partial charge in [0.2, 0.25) is 0 Å². The van der Waals surface area contributed by atoms with Gasteiger partial charge < -0.3 is 10.2 Å². The lowest BCUT2D eigenvalue weighted by atomic mass is 9.94. The summed E-state index contributed by atoms with van der Waals surface area (Å²) in [4.78, 5) is 0. The first-order valence-corrected chi connectivity index (χ1v) is 6.01. The number of nitrogens with two attached hydrogens (primary N) is 1. The van der Waals surface area contributed by atoms with Gasteiger partial charge in [-0.25, -0.2) is 0 Å². The molecule has 17 heavy (non-hydrogen) atoms. The molecule has 0 spiro atoms. The van der Waals surface area contributed by atoms with Crippen molar-refractivity contribution in [1.29, 1.82) is 0 Å². The minimum absolute atomic E-state index is 0.124. The highest BCUT2D eigenvalue weighted by Crippen LogP contribution is 2.27. The topological polar surface area (TPSA) is 39.2 Å². The molecule has 0 bridgehead atoms. The van der Waals surface area contributed by atoms with Gasteiger partial charge in [0.05, 0.1) is 6.26 Å². The Hall–Kier alpha value is -1.25. The fourth-order valence-corrected chi connectivity index (χ4v) is 2.33. The van der Waals surface area contributed by atoms with Crippen LogP contribution >= 0.6 is 11.6 Å². The Labute approximate surface area is 106 Å². The summed E-state index contributed by atoms with van der Waals surface area (Å²) in [6.45, 7) is 4.21. The smallest absolute Gasteiger partial charge is 0.197 e. The third kappa shape index (κ3) is 2.54. The van der Waals surface area contributed by atoms with Gasteiger partial charge >= 0.3 is 0 Å². The number of hydrogen-bond acceptors (Lipinski definition) is 2. The van der Waals surface area contributed by atoms with Crippen molar-refractivity contribution in [2.24, 2.45) is 5.73 Å². The van der Waals surface area contributed by atoms with E-state index >= 15 is 0 Å². The number of furan rings is 1. The first-order chi connectivity index (χ1) is 8.09. The molecule has 0 fully saturated rings. The Morgan fingerprint density at radius 3 is 2.41 bits per heavy atom. The average Bonchev–Trinajstić information content (AvgIpc) is 2.70. The fourth-order valence-electron chi connectivity index (χ4n) is 2.07. The Balaban J connectivity index is 2.25. The zero-order valence-corrected chi connectivity index (χ0v) is 10.8. The number of rotatable bonds is 3. The van der Waals surface area contributed by atoms with Gasteiger partial charge in [0, 0.05) is 11.6 Å². The molecule has 0 amide bonds. The molecule has 1 unspecified atom stereocenters. The van der Waals surface area contributed by atoms with E-state index in [0.717, 1.165) is 12.0 Å². The molecule has 1 aromatic carbocycles. The molecule has 1 aromatic heterocycles. The molecule has 2 rings (SSSR count). The maximum atomic E-state index is 6.17. The number of aryl methyl sites for hydroxylation is 2. The first kappa shape index (κ1) is 12.2. The normalized spacial score (nSPS) is 12.7. The standard InChI is InChI=1S/C14H16ClNO/c1-9-4-3-5-10(2)12(9)8-13(16)11-6-7-17-14(11)15/h3-7,13H,8,16H2,1-2H3. The summed E-state index contributed by atoms with van der Waals surface area (Å²) in [5.41, 5.74) is 10.9. The Morgan fingerprint density at radius 2 is 1.88 bits per heavy atom. The number of benzene rings is 1. The molecule has 2 nitrogen and oxygen atoms in total. The van der Waals surface area contributed by atoms with E-state index < -0.39 is 0 Å². The number of hydrogen-bond donors (Lipinski definition) is 1. The molecule has 0 aliphatic carbocycles. The zero-order valence-electron chi connectivity index (χ0n) is 10.0. The summed E-state index contributed by atoms with van der Waals surface area (Å²) >= 11 is 5.93. The van der Waals surface area contributed by atoms with Gasteiger partial charge in [-0.2, -0.15) is 0 Å². The van der Waals surface area contributed by atoms with Gasteiger partial charge in [-0.05, 0) is 54.6 Å². The monoisotopic (exact) mass is 249 g/mol. The van der Waals surface area contributed by atoms with Crippen molar-refractivity contribution in [1.82, 2.24) is 0 Å². The molecule has 0 radical (unpaired) electrons. The van der Waals surface area contributed by atoms with Crippen LogP contribution in [0.25, 0.3) is 0 Å². The second-order valence-electron chi connectivity index (χ2n) is 4.33. The van der Waals surface area contributed by atoms with Gasteiger partial charge in [-0.3, -0.25) is 0 Å². The van der Waals surface area contributed by atoms with Crippen LogP contribution in [-0.2, 0) is 6.42 Å². The Kier molecular flexibility index (Phi) is 3.55. The minimum atomic E-state index is -0.124. The molecular formula is C14H16ClNO. The highest BCUT2D eigenvalue weighted by Gasteiger charge is 2.15. The molecule has 0 saturated carbocycles. The molecular weight excluding hydrogens is 234 g/mol. The van der Waals surface area contributed by atoms with Crippen molar-refractivity contribution in [3.8, 4) is 0 Å². The Morgan fingerprint density at radius 1 is 1.24 bits per heavy atom. The SMILES string of the molecule is Cc1cccc(C)c1CC(N)c1ccoc1Cl. The van der Waals surface area contributed by atoms with E-state index in [0.29, 0.717) is 5.22 Å². The molecule has 90 valence electrons. The zero-order chi connectivity index (χ0) is 12.4. The van der Waals surface area contributed by atoms with Crippen molar-refractivity contribution in [3.63, 3.8) is 0 Å². The molecule has 1 atom stereocenters. The van der Waals surface area contributed by atoms with E-state index in [4.69, 9.17) is 21.8 Å². The second kappa shape index (κ2) is 4.94. The van der Waals surface area contributed by atoms with E-state index in [9.17, 15) is 0 Å². The predicted molar refractivity (Wildman–Crippen MR) is 70.3 cm³/mol. The predicted octanol–water partition coefficient (Wildman–Crippen LogP) is 3.79. The van der Waals surface area contributed by atoms with Gasteiger partial charge in [0.15, 0.2) is 5.22 Å². The van der Waals surface area contributed by atoms with E-state index in [-0.39, 0.29) is 6.04 Å². The van der Waals surface area contributed by atoms with Crippen LogP contribution in [0.3, 0.4) is 0 Å². The van der Waals surface area contributed by atoms with E-state index in [1.807, 2.05) is 6.07 Å². The molecule has 0 saturated heterocycles. The maximum Gasteiger partial charge on any atom is 0.197 e. The van der Waals surface area contributed by atoms with E-state index in [1.54, 1.807) is 6.26 Å². The Bertz CT molecular complexity index is 498. The summed E-state index contributed by atoms with van der Waals surface area (Å²) < 4.78 is 5.07. The van der Waals surface area contributed by atoms with Crippen LogP contribution < -0.4 is 5.73 Å². The van der Waals surface area contributed by atoms with Crippen LogP contribution in [0.15, 0.2) is 34.9 Å². The molecule has 3 heteroatoms. The van der Waals surface area contributed by atoms with Crippen LogP contribution in [-0.4, -0.2) is 0 Å². The molecule has 1 heterocycles. The lowest BCUT2D eigenvalue weighted by Crippen LogP contribution is -2.14. The first-order valence-electron chi connectivity index (χ1n) is 5.63.